The lowest BCUT2D eigenvalue weighted by Crippen LogP contribution is -1.55. The smallest absolute Gasteiger partial charge is 0.102 e. The molecule has 0 atom stereocenters. The summed E-state index contributed by atoms with van der Waals surface area (Å²) in [6, 6.07) is 0. The molecule has 5 heavy (non-hydrogen) atoms. The van der Waals surface area contributed by atoms with Gasteiger partial charge in [-0.25, -0.2) is 0 Å². The summed E-state index contributed by atoms with van der Waals surface area (Å²) in [6.45, 7) is 0. The molecule has 0 saturated carbocycles. The molecule has 0 rings (SSSR count). The zero-order chi connectivity index (χ0) is 4.12. The highest BCUT2D eigenvalue weighted by Crippen LogP contribution is 1.71. The van der Waals surface area contributed by atoms with Gasteiger partial charge in [0.15, 0.2) is 0 Å². The van der Waals surface area contributed by atoms with Gasteiger partial charge in [0.25, 0.3) is 0 Å². The zero-order valence-corrected chi connectivity index (χ0v) is 3.57. The Morgan fingerprint density at radius 1 is 1.80 bits per heavy atom. The van der Waals surface area contributed by atoms with Gasteiger partial charge in [-0.15, -0.1) is 17.6 Å². The minimum Gasteiger partial charge on any atom is -0.134 e. The molecule has 0 heterocycles. The van der Waals surface area contributed by atoms with Gasteiger partial charge in [0.1, 0.15) is 7.85 Å². The van der Waals surface area contributed by atoms with Crippen molar-refractivity contribution in [2.75, 3.05) is 5.88 Å². The van der Waals surface area contributed by atoms with Crippen LogP contribution in [0, 0.1) is 0 Å². The standard InChI is InChI=1S/C3H4BCl/c4-2-1-3-5/h1-2H,3H2. The highest BCUT2D eigenvalue weighted by atomic mass is 35.5. The number of hydrogen-bond acceptors (Lipinski definition) is 0. The van der Waals surface area contributed by atoms with Crippen LogP contribution in [0.15, 0.2) is 12.1 Å². The van der Waals surface area contributed by atoms with Crippen LogP contribution < -0.4 is 0 Å². The summed E-state index contributed by atoms with van der Waals surface area (Å²) in [7, 11) is 4.87. The lowest BCUT2D eigenvalue weighted by Gasteiger charge is -1.63. The zero-order valence-electron chi connectivity index (χ0n) is 2.82. The van der Waals surface area contributed by atoms with Crippen LogP contribution in [0.5, 0.6) is 0 Å². The molecule has 0 saturated heterocycles. The Bertz CT molecular complexity index is 33.9. The van der Waals surface area contributed by atoms with E-state index in [4.69, 9.17) is 19.4 Å². The molecule has 0 fully saturated rings. The van der Waals surface area contributed by atoms with Crippen LogP contribution in [-0.2, 0) is 0 Å². The van der Waals surface area contributed by atoms with Gasteiger partial charge in [-0.05, 0) is 0 Å². The highest BCUT2D eigenvalue weighted by molar-refractivity contribution is 6.21. The molecule has 2 radical (unpaired) electrons. The van der Waals surface area contributed by atoms with E-state index >= 15 is 0 Å². The molecule has 0 spiro atoms. The van der Waals surface area contributed by atoms with Crippen LogP contribution in [0.1, 0.15) is 0 Å². The SMILES string of the molecule is [B]C=CCCl. The Labute approximate surface area is 38.2 Å². The normalized spacial score (nSPS) is 9.80. The van der Waals surface area contributed by atoms with Crippen molar-refractivity contribution >= 4 is 19.4 Å². The Morgan fingerprint density at radius 3 is 2.40 bits per heavy atom. The van der Waals surface area contributed by atoms with Crippen LogP contribution >= 0.6 is 11.6 Å². The van der Waals surface area contributed by atoms with E-state index in [-0.39, 0.29) is 0 Å². The van der Waals surface area contributed by atoms with Gasteiger partial charge in [-0.1, -0.05) is 6.08 Å². The summed E-state index contributed by atoms with van der Waals surface area (Å²) in [5.74, 6) is 1.93. The first-order valence-corrected chi connectivity index (χ1v) is 1.88. The van der Waals surface area contributed by atoms with Gasteiger partial charge in [-0.3, -0.25) is 0 Å². The topological polar surface area (TPSA) is 0 Å². The molecule has 0 aliphatic rings. The summed E-state index contributed by atoms with van der Waals surface area (Å²) >= 11 is 5.13. The summed E-state index contributed by atoms with van der Waals surface area (Å²) in [5, 5.41) is 0. The van der Waals surface area contributed by atoms with Crippen LogP contribution in [0.2, 0.25) is 0 Å². The van der Waals surface area contributed by atoms with Crippen LogP contribution in [0.3, 0.4) is 0 Å². The van der Waals surface area contributed by atoms with E-state index in [1.54, 1.807) is 6.08 Å². The van der Waals surface area contributed by atoms with Gasteiger partial charge in [-0.2, -0.15) is 0 Å². The number of hydrogen-bond donors (Lipinski definition) is 0. The van der Waals surface area contributed by atoms with E-state index in [9.17, 15) is 0 Å². The monoisotopic (exact) mass is 86.0 g/mol. The molecule has 0 aliphatic carbocycles. The van der Waals surface area contributed by atoms with E-state index < -0.39 is 0 Å². The van der Waals surface area contributed by atoms with Gasteiger partial charge < -0.3 is 0 Å². The van der Waals surface area contributed by atoms with Crippen molar-refractivity contribution < 1.29 is 0 Å². The average molecular weight is 86.3 g/mol. The summed E-state index contributed by atoms with van der Waals surface area (Å²) in [6.07, 6.45) is 1.67. The maximum absolute atomic E-state index is 5.13. The van der Waals surface area contributed by atoms with Crippen LogP contribution in [0.25, 0.3) is 0 Å². The van der Waals surface area contributed by atoms with E-state index in [2.05, 4.69) is 0 Å². The first kappa shape index (κ1) is 5.09. The van der Waals surface area contributed by atoms with Crippen molar-refractivity contribution in [1.82, 2.24) is 0 Å². The second-order valence-electron chi connectivity index (χ2n) is 0.582. The van der Waals surface area contributed by atoms with Crippen LogP contribution in [0.4, 0.5) is 0 Å². The number of halogens is 1. The number of rotatable bonds is 1. The van der Waals surface area contributed by atoms with Crippen molar-refractivity contribution in [2.45, 2.75) is 0 Å². The molecule has 0 aliphatic heterocycles. The molecule has 0 unspecified atom stereocenters. The van der Waals surface area contributed by atoms with Crippen molar-refractivity contribution in [3.05, 3.63) is 12.1 Å². The summed E-state index contributed by atoms with van der Waals surface area (Å²) < 4.78 is 0. The Kier molecular flexibility index (Phi) is 4.17. The fraction of sp³-hybridized carbons (Fsp3) is 0.333. The summed E-state index contributed by atoms with van der Waals surface area (Å²) in [5.41, 5.74) is 0. The predicted molar refractivity (Wildman–Crippen MR) is 25.6 cm³/mol. The van der Waals surface area contributed by atoms with Crippen molar-refractivity contribution in [3.8, 4) is 0 Å². The average Bonchev–Trinajstić information content (AvgIpc) is 1.41. The molecule has 0 aromatic carbocycles. The fourth-order valence-corrected chi connectivity index (χ4v) is 0.154. The Morgan fingerprint density at radius 2 is 2.40 bits per heavy atom. The van der Waals surface area contributed by atoms with Crippen molar-refractivity contribution in [1.29, 1.82) is 0 Å². The molecule has 2 heteroatoms. The highest BCUT2D eigenvalue weighted by Gasteiger charge is 1.54. The largest absolute Gasteiger partial charge is 0.134 e. The molecule has 26 valence electrons. The van der Waals surface area contributed by atoms with Crippen molar-refractivity contribution in [2.24, 2.45) is 0 Å². The minimum atomic E-state index is 0.510. The Hall–Kier alpha value is 0.0949. The molecule has 0 bridgehead atoms. The lowest BCUT2D eigenvalue weighted by atomic mass is 10.1. The van der Waals surface area contributed by atoms with Crippen LogP contribution in [-0.4, -0.2) is 13.7 Å². The van der Waals surface area contributed by atoms with Gasteiger partial charge >= 0.3 is 0 Å². The Balaban J connectivity index is 2.62. The third kappa shape index (κ3) is 4.09. The van der Waals surface area contributed by atoms with E-state index in [0.717, 1.165) is 0 Å². The maximum atomic E-state index is 5.13. The number of alkyl halides is 1. The summed E-state index contributed by atoms with van der Waals surface area (Å²) in [4.78, 5) is 0. The molecule has 0 nitrogen and oxygen atoms in total. The number of allylic oxidation sites excluding steroid dienone is 1. The van der Waals surface area contributed by atoms with E-state index in [0.29, 0.717) is 5.88 Å². The molecule has 0 amide bonds. The predicted octanol–water partition coefficient (Wildman–Crippen LogP) is 0.907. The second kappa shape index (κ2) is 4.09. The third-order valence-electron chi connectivity index (χ3n) is 0.225. The minimum absolute atomic E-state index is 0.510. The van der Waals surface area contributed by atoms with Gasteiger partial charge in [0.2, 0.25) is 0 Å². The molecular weight excluding hydrogens is 82.3 g/mol. The van der Waals surface area contributed by atoms with E-state index in [1.165, 1.54) is 5.98 Å². The van der Waals surface area contributed by atoms with Gasteiger partial charge in [0, 0.05) is 5.88 Å². The lowest BCUT2D eigenvalue weighted by molar-refractivity contribution is 1.79. The quantitative estimate of drug-likeness (QED) is 0.329. The first-order valence-electron chi connectivity index (χ1n) is 1.34. The molecule has 0 aromatic rings. The third-order valence-corrected chi connectivity index (χ3v) is 0.403. The first-order chi connectivity index (χ1) is 2.41. The second-order valence-corrected chi connectivity index (χ2v) is 0.891. The molecular formula is C3H4BCl. The van der Waals surface area contributed by atoms with E-state index in [1.807, 2.05) is 0 Å². The molecule has 0 aromatic heterocycles. The maximum Gasteiger partial charge on any atom is 0.102 e. The molecule has 0 N–H and O–H groups in total. The fourth-order valence-electron chi connectivity index (χ4n) is 0.0514. The van der Waals surface area contributed by atoms with Crippen molar-refractivity contribution in [3.63, 3.8) is 0 Å². The van der Waals surface area contributed by atoms with Gasteiger partial charge in [0.05, 0.1) is 0 Å².